The summed E-state index contributed by atoms with van der Waals surface area (Å²) in [7, 11) is 0. The highest BCUT2D eigenvalue weighted by atomic mass is 16.3. The van der Waals surface area contributed by atoms with Crippen molar-refractivity contribution in [1.29, 1.82) is 0 Å². The van der Waals surface area contributed by atoms with Gasteiger partial charge >= 0.3 is 0 Å². The van der Waals surface area contributed by atoms with E-state index >= 15 is 0 Å². The Balaban J connectivity index is 1.65. The Morgan fingerprint density at radius 2 is 1.10 bits per heavy atom. The number of hydrogen-bond donors (Lipinski definition) is 1. The predicted molar refractivity (Wildman–Crippen MR) is 160 cm³/mol. The molecule has 0 fully saturated rings. The van der Waals surface area contributed by atoms with Crippen LogP contribution in [-0.4, -0.2) is 9.67 Å². The quantitative estimate of drug-likeness (QED) is 0.258. The van der Waals surface area contributed by atoms with Crippen molar-refractivity contribution in [2.45, 2.75) is 5.41 Å². The summed E-state index contributed by atoms with van der Waals surface area (Å²) >= 11 is 0. The highest BCUT2D eigenvalue weighted by Crippen LogP contribution is 2.59. The number of benzene rings is 6. The Hall–Kier alpha value is -5.08. The second-order valence-corrected chi connectivity index (χ2v) is 10.3. The molecule has 1 aliphatic rings. The minimum absolute atomic E-state index is 0.304. The van der Waals surface area contributed by atoms with Crippen LogP contribution in [0.3, 0.4) is 0 Å². The maximum absolute atomic E-state index is 11.9. The van der Waals surface area contributed by atoms with Gasteiger partial charge in [-0.3, -0.25) is 0 Å². The molecule has 1 N–H and O–H groups in total. The first-order valence-corrected chi connectivity index (χ1v) is 13.4. The van der Waals surface area contributed by atoms with Gasteiger partial charge in [-0.2, -0.15) is 0 Å². The first-order valence-electron chi connectivity index (χ1n) is 13.4. The highest BCUT2D eigenvalue weighted by molar-refractivity contribution is 6.18. The Kier molecular flexibility index (Phi) is 4.62. The lowest BCUT2D eigenvalue weighted by Gasteiger charge is -2.34. The molecule has 0 spiro atoms. The predicted octanol–water partition coefficient (Wildman–Crippen LogP) is 8.85. The van der Waals surface area contributed by atoms with Gasteiger partial charge in [-0.1, -0.05) is 121 Å². The minimum atomic E-state index is -0.571. The van der Waals surface area contributed by atoms with E-state index in [0.717, 1.165) is 33.1 Å². The Morgan fingerprint density at radius 1 is 0.538 bits per heavy atom. The number of aromatic nitrogens is 1. The smallest absolute Gasteiger partial charge is 0.125 e. The molecule has 0 unspecified atom stereocenters. The van der Waals surface area contributed by atoms with Crippen molar-refractivity contribution in [1.82, 2.24) is 4.57 Å². The fourth-order valence-corrected chi connectivity index (χ4v) is 6.90. The van der Waals surface area contributed by atoms with E-state index in [1.54, 1.807) is 0 Å². The molecular weight excluding hydrogens is 474 g/mol. The Bertz CT molecular complexity index is 1960. The number of para-hydroxylation sites is 2. The zero-order chi connectivity index (χ0) is 26.0. The molecule has 1 aliphatic carbocycles. The van der Waals surface area contributed by atoms with Crippen LogP contribution in [0.25, 0.3) is 38.6 Å². The first kappa shape index (κ1) is 22.0. The van der Waals surface area contributed by atoms with E-state index in [9.17, 15) is 5.11 Å². The number of rotatable bonds is 3. The maximum atomic E-state index is 11.9. The van der Waals surface area contributed by atoms with Crippen LogP contribution in [0.5, 0.6) is 5.75 Å². The lowest BCUT2D eigenvalue weighted by atomic mass is 9.67. The largest absolute Gasteiger partial charge is 0.507 e. The summed E-state index contributed by atoms with van der Waals surface area (Å²) in [5, 5.41) is 13.8. The summed E-state index contributed by atoms with van der Waals surface area (Å²) in [6, 6.07) is 51.1. The van der Waals surface area contributed by atoms with E-state index in [1.165, 1.54) is 27.8 Å². The molecular formula is C37H25NO. The van der Waals surface area contributed by atoms with Crippen LogP contribution in [-0.2, 0) is 5.41 Å². The van der Waals surface area contributed by atoms with Gasteiger partial charge in [0.2, 0.25) is 0 Å². The van der Waals surface area contributed by atoms with Crippen LogP contribution in [0.15, 0.2) is 146 Å². The molecule has 0 amide bonds. The van der Waals surface area contributed by atoms with E-state index < -0.39 is 5.41 Å². The average molecular weight is 500 g/mol. The van der Waals surface area contributed by atoms with E-state index in [4.69, 9.17) is 0 Å². The van der Waals surface area contributed by atoms with Crippen LogP contribution < -0.4 is 0 Å². The average Bonchev–Trinajstić information content (AvgIpc) is 3.50. The molecule has 0 saturated carbocycles. The van der Waals surface area contributed by atoms with Crippen LogP contribution in [0, 0.1) is 0 Å². The third-order valence-electron chi connectivity index (χ3n) is 8.35. The van der Waals surface area contributed by atoms with E-state index in [2.05, 4.69) is 138 Å². The SMILES string of the molecule is Oc1cc2c(c3c1c1ccccc1n3-c1ccccc1)-c1ccccc1C2(c1ccccc1)c1ccccc1. The summed E-state index contributed by atoms with van der Waals surface area (Å²) in [5.74, 6) is 0.304. The lowest BCUT2D eigenvalue weighted by molar-refractivity contribution is 0.480. The minimum Gasteiger partial charge on any atom is -0.507 e. The fourth-order valence-electron chi connectivity index (χ4n) is 6.90. The maximum Gasteiger partial charge on any atom is 0.125 e. The van der Waals surface area contributed by atoms with Crippen molar-refractivity contribution < 1.29 is 5.11 Å². The van der Waals surface area contributed by atoms with Gasteiger partial charge in [0.25, 0.3) is 0 Å². The summed E-state index contributed by atoms with van der Waals surface area (Å²) in [6.07, 6.45) is 0. The number of nitrogens with zero attached hydrogens (tertiary/aromatic N) is 1. The molecule has 1 heterocycles. The molecule has 0 aliphatic heterocycles. The van der Waals surface area contributed by atoms with Crippen LogP contribution in [0.1, 0.15) is 22.3 Å². The van der Waals surface area contributed by atoms with Gasteiger partial charge < -0.3 is 9.67 Å². The summed E-state index contributed by atoms with van der Waals surface area (Å²) in [4.78, 5) is 0. The molecule has 0 radical (unpaired) electrons. The molecule has 7 aromatic rings. The topological polar surface area (TPSA) is 25.2 Å². The van der Waals surface area contributed by atoms with Gasteiger partial charge in [-0.25, -0.2) is 0 Å². The number of phenols is 1. The first-order chi connectivity index (χ1) is 19.3. The number of phenolic OH excluding ortho intramolecular Hbond substituents is 1. The lowest BCUT2D eigenvalue weighted by Crippen LogP contribution is -2.28. The highest BCUT2D eigenvalue weighted by Gasteiger charge is 2.47. The van der Waals surface area contributed by atoms with Gasteiger partial charge in [0.1, 0.15) is 5.75 Å². The van der Waals surface area contributed by atoms with Crippen molar-refractivity contribution in [3.63, 3.8) is 0 Å². The number of fused-ring (bicyclic) bond motifs is 7. The molecule has 2 nitrogen and oxygen atoms in total. The van der Waals surface area contributed by atoms with E-state index in [0.29, 0.717) is 5.75 Å². The molecule has 1 aromatic heterocycles. The molecule has 2 heteroatoms. The number of hydrogen-bond acceptors (Lipinski definition) is 1. The van der Waals surface area contributed by atoms with Gasteiger partial charge in [0.15, 0.2) is 0 Å². The van der Waals surface area contributed by atoms with Crippen LogP contribution in [0.4, 0.5) is 0 Å². The molecule has 0 bridgehead atoms. The number of aromatic hydroxyl groups is 1. The van der Waals surface area contributed by atoms with E-state index in [-0.39, 0.29) is 0 Å². The second-order valence-electron chi connectivity index (χ2n) is 10.3. The Labute approximate surface area is 227 Å². The Morgan fingerprint density at radius 3 is 1.79 bits per heavy atom. The molecule has 0 saturated heterocycles. The molecule has 184 valence electrons. The van der Waals surface area contributed by atoms with Gasteiger partial charge in [0, 0.05) is 16.6 Å². The standard InChI is InChI=1S/C37H25NO/c39-33-24-31-34(36-35(33)29-21-11-13-23-32(29)38(36)27-18-8-3-9-19-27)28-20-10-12-22-30(28)37(31,25-14-4-1-5-15-25)26-16-6-2-7-17-26/h1-24,39H. The monoisotopic (exact) mass is 499 g/mol. The van der Waals surface area contributed by atoms with Crippen molar-refractivity contribution in [3.05, 3.63) is 168 Å². The summed E-state index contributed by atoms with van der Waals surface area (Å²) in [5.41, 5.74) is 9.70. The summed E-state index contributed by atoms with van der Waals surface area (Å²) in [6.45, 7) is 0. The summed E-state index contributed by atoms with van der Waals surface area (Å²) < 4.78 is 2.33. The third kappa shape index (κ3) is 2.86. The van der Waals surface area contributed by atoms with Gasteiger partial charge in [-0.05, 0) is 52.1 Å². The second kappa shape index (κ2) is 8.21. The molecule has 0 atom stereocenters. The normalized spacial score (nSPS) is 13.4. The molecule has 6 aromatic carbocycles. The molecule has 8 rings (SSSR count). The van der Waals surface area contributed by atoms with Gasteiger partial charge in [0.05, 0.1) is 21.8 Å². The zero-order valence-corrected chi connectivity index (χ0v) is 21.3. The third-order valence-corrected chi connectivity index (χ3v) is 8.35. The van der Waals surface area contributed by atoms with Gasteiger partial charge in [-0.15, -0.1) is 0 Å². The van der Waals surface area contributed by atoms with Crippen molar-refractivity contribution >= 4 is 21.8 Å². The van der Waals surface area contributed by atoms with Crippen molar-refractivity contribution in [2.75, 3.05) is 0 Å². The van der Waals surface area contributed by atoms with Crippen molar-refractivity contribution in [3.8, 4) is 22.6 Å². The van der Waals surface area contributed by atoms with Crippen molar-refractivity contribution in [2.24, 2.45) is 0 Å². The zero-order valence-electron chi connectivity index (χ0n) is 21.3. The molecule has 39 heavy (non-hydrogen) atoms. The fraction of sp³-hybridized carbons (Fsp3) is 0.0270. The van der Waals surface area contributed by atoms with E-state index in [1.807, 2.05) is 12.1 Å². The van der Waals surface area contributed by atoms with Crippen LogP contribution in [0.2, 0.25) is 0 Å². The van der Waals surface area contributed by atoms with Crippen LogP contribution >= 0.6 is 0 Å².